The first-order valence-electron chi connectivity index (χ1n) is 5.57. The van der Waals surface area contributed by atoms with Crippen LogP contribution in [0.25, 0.3) is 0 Å². The van der Waals surface area contributed by atoms with E-state index in [0.29, 0.717) is 22.0 Å². The molecule has 0 amide bonds. The van der Waals surface area contributed by atoms with Gasteiger partial charge in [0.25, 0.3) is 5.69 Å². The topological polar surface area (TPSA) is 69.2 Å². The molecule has 0 spiro atoms. The van der Waals surface area contributed by atoms with Crippen LogP contribution in [0.15, 0.2) is 41.3 Å². The molecule has 2 rings (SSSR count). The quantitative estimate of drug-likeness (QED) is 0.396. The summed E-state index contributed by atoms with van der Waals surface area (Å²) in [5.41, 5.74) is 6.37. The number of thioether (sulfide) groups is 1. The summed E-state index contributed by atoms with van der Waals surface area (Å²) in [5, 5.41) is 11.1. The van der Waals surface area contributed by atoms with Crippen molar-refractivity contribution in [2.75, 3.05) is 5.73 Å². The van der Waals surface area contributed by atoms with Gasteiger partial charge in [0.15, 0.2) is 0 Å². The van der Waals surface area contributed by atoms with Gasteiger partial charge in [-0.15, -0.1) is 11.8 Å². The zero-order valence-corrected chi connectivity index (χ0v) is 11.7. The van der Waals surface area contributed by atoms with E-state index in [0.717, 1.165) is 11.0 Å². The summed E-state index contributed by atoms with van der Waals surface area (Å²) in [4.78, 5) is 10.9. The van der Waals surface area contributed by atoms with E-state index in [4.69, 9.17) is 17.3 Å². The highest BCUT2D eigenvalue weighted by molar-refractivity contribution is 7.98. The van der Waals surface area contributed by atoms with E-state index in [2.05, 4.69) is 0 Å². The molecule has 0 unspecified atom stereocenters. The maximum Gasteiger partial charge on any atom is 0.272 e. The van der Waals surface area contributed by atoms with E-state index in [1.807, 2.05) is 0 Å². The van der Waals surface area contributed by atoms with Crippen LogP contribution in [-0.2, 0) is 5.75 Å². The summed E-state index contributed by atoms with van der Waals surface area (Å²) in [7, 11) is 0. The highest BCUT2D eigenvalue weighted by atomic mass is 35.5. The largest absolute Gasteiger partial charge is 0.398 e. The molecule has 0 radical (unpaired) electrons. The maximum atomic E-state index is 13.3. The summed E-state index contributed by atoms with van der Waals surface area (Å²) >= 11 is 7.30. The van der Waals surface area contributed by atoms with E-state index in [-0.39, 0.29) is 5.69 Å². The lowest BCUT2D eigenvalue weighted by atomic mass is 10.2. The van der Waals surface area contributed by atoms with Crippen LogP contribution in [0.1, 0.15) is 5.56 Å². The monoisotopic (exact) mass is 312 g/mol. The molecule has 0 aliphatic rings. The van der Waals surface area contributed by atoms with E-state index < -0.39 is 10.7 Å². The van der Waals surface area contributed by atoms with E-state index in [1.165, 1.54) is 23.9 Å². The molecule has 7 heteroatoms. The predicted octanol–water partition coefficient (Wildman–Crippen LogP) is 4.26. The molecule has 0 saturated heterocycles. The number of benzene rings is 2. The van der Waals surface area contributed by atoms with Crippen molar-refractivity contribution in [1.29, 1.82) is 0 Å². The molecule has 0 aliphatic carbocycles. The van der Waals surface area contributed by atoms with Gasteiger partial charge in [-0.25, -0.2) is 4.39 Å². The number of nitrogens with zero attached hydrogens (tertiary/aromatic N) is 1. The Balaban J connectivity index is 2.14. The molecule has 4 nitrogen and oxygen atoms in total. The summed E-state index contributed by atoms with van der Waals surface area (Å²) in [5.74, 6) is -0.219. The number of nitrogen functional groups attached to an aromatic ring is 1. The predicted molar refractivity (Wildman–Crippen MR) is 78.5 cm³/mol. The highest BCUT2D eigenvalue weighted by Crippen LogP contribution is 2.29. The van der Waals surface area contributed by atoms with Crippen molar-refractivity contribution in [1.82, 2.24) is 0 Å². The van der Waals surface area contributed by atoms with Crippen LogP contribution in [0.2, 0.25) is 5.02 Å². The van der Waals surface area contributed by atoms with Gasteiger partial charge in [0.1, 0.15) is 5.82 Å². The Hall–Kier alpha value is -1.79. The molecule has 2 aromatic carbocycles. The number of halogens is 2. The number of hydrogen-bond donors (Lipinski definition) is 1. The van der Waals surface area contributed by atoms with Crippen LogP contribution in [-0.4, -0.2) is 4.92 Å². The number of nitrogens with two attached hydrogens (primary N) is 1. The molecule has 20 heavy (non-hydrogen) atoms. The third-order valence-corrected chi connectivity index (χ3v) is 3.92. The molecule has 0 aliphatic heterocycles. The second-order valence-electron chi connectivity index (χ2n) is 4.05. The van der Waals surface area contributed by atoms with Gasteiger partial charge in [0.05, 0.1) is 21.7 Å². The summed E-state index contributed by atoms with van der Waals surface area (Å²) in [6.07, 6.45) is 0. The first-order valence-corrected chi connectivity index (χ1v) is 6.94. The average molecular weight is 313 g/mol. The minimum atomic E-state index is -0.620. The molecule has 0 atom stereocenters. The third kappa shape index (κ3) is 3.61. The fraction of sp³-hybridized carbons (Fsp3) is 0.0769. The van der Waals surface area contributed by atoms with Gasteiger partial charge in [0.2, 0.25) is 0 Å². The van der Waals surface area contributed by atoms with Crippen LogP contribution >= 0.6 is 23.4 Å². The van der Waals surface area contributed by atoms with Crippen molar-refractivity contribution < 1.29 is 9.31 Å². The molecule has 2 aromatic rings. The van der Waals surface area contributed by atoms with Crippen molar-refractivity contribution in [2.24, 2.45) is 0 Å². The summed E-state index contributed by atoms with van der Waals surface area (Å²) in [6.45, 7) is 0. The molecule has 0 saturated carbocycles. The lowest BCUT2D eigenvalue weighted by molar-refractivity contribution is -0.385. The van der Waals surface area contributed by atoms with E-state index in [1.54, 1.807) is 18.2 Å². The first kappa shape index (κ1) is 14.6. The van der Waals surface area contributed by atoms with E-state index in [9.17, 15) is 14.5 Å². The molecule has 0 fully saturated rings. The average Bonchev–Trinajstić information content (AvgIpc) is 2.39. The van der Waals surface area contributed by atoms with Crippen LogP contribution in [0, 0.1) is 15.9 Å². The molecule has 0 aromatic heterocycles. The Morgan fingerprint density at radius 2 is 2.05 bits per heavy atom. The number of hydrogen-bond acceptors (Lipinski definition) is 4. The minimum Gasteiger partial charge on any atom is -0.398 e. The normalized spacial score (nSPS) is 10.5. The van der Waals surface area contributed by atoms with Gasteiger partial charge < -0.3 is 5.73 Å². The van der Waals surface area contributed by atoms with Gasteiger partial charge in [-0.3, -0.25) is 10.1 Å². The Bertz CT molecular complexity index is 667. The van der Waals surface area contributed by atoms with E-state index >= 15 is 0 Å². The molecular weight excluding hydrogens is 303 g/mol. The number of rotatable bonds is 4. The van der Waals surface area contributed by atoms with Gasteiger partial charge in [0, 0.05) is 16.7 Å². The fourth-order valence-electron chi connectivity index (χ4n) is 1.59. The number of non-ortho nitro benzene ring substituents is 1. The van der Waals surface area contributed by atoms with Crippen molar-refractivity contribution in [3.05, 3.63) is 62.9 Å². The number of nitro benzene ring substituents is 1. The molecule has 104 valence electrons. The lowest BCUT2D eigenvalue weighted by Crippen LogP contribution is -1.92. The second-order valence-corrected chi connectivity index (χ2v) is 5.50. The van der Waals surface area contributed by atoms with Crippen molar-refractivity contribution in [3.8, 4) is 0 Å². The smallest absolute Gasteiger partial charge is 0.272 e. The van der Waals surface area contributed by atoms with Gasteiger partial charge in [-0.05, 0) is 29.8 Å². The van der Waals surface area contributed by atoms with Gasteiger partial charge >= 0.3 is 0 Å². The summed E-state index contributed by atoms with van der Waals surface area (Å²) in [6, 6.07) is 8.70. The van der Waals surface area contributed by atoms with Crippen LogP contribution in [0.4, 0.5) is 15.8 Å². The standard InChI is InChI=1S/C13H10ClFN2O2S/c14-12-6-11(1-2-13(12)16)20-7-8-3-9(15)5-10(4-8)17(18)19/h1-6H,7,16H2. The van der Waals surface area contributed by atoms with Crippen LogP contribution in [0.5, 0.6) is 0 Å². The highest BCUT2D eigenvalue weighted by Gasteiger charge is 2.10. The molecular formula is C13H10ClFN2O2S. The third-order valence-electron chi connectivity index (χ3n) is 2.53. The van der Waals surface area contributed by atoms with Crippen LogP contribution < -0.4 is 5.73 Å². The second kappa shape index (κ2) is 6.11. The number of nitro groups is 1. The van der Waals surface area contributed by atoms with Crippen molar-refractivity contribution in [3.63, 3.8) is 0 Å². The maximum absolute atomic E-state index is 13.3. The Morgan fingerprint density at radius 3 is 2.70 bits per heavy atom. The van der Waals surface area contributed by atoms with Crippen LogP contribution in [0.3, 0.4) is 0 Å². The van der Waals surface area contributed by atoms with Crippen molar-refractivity contribution in [2.45, 2.75) is 10.6 Å². The Kier molecular flexibility index (Phi) is 4.46. The zero-order valence-electron chi connectivity index (χ0n) is 10.2. The first-order chi connectivity index (χ1) is 9.45. The van der Waals surface area contributed by atoms with Crippen molar-refractivity contribution >= 4 is 34.7 Å². The molecule has 0 bridgehead atoms. The lowest BCUT2D eigenvalue weighted by Gasteiger charge is -2.04. The number of anilines is 1. The Labute approximate surface area is 123 Å². The fourth-order valence-corrected chi connectivity index (χ4v) is 2.70. The molecule has 2 N–H and O–H groups in total. The van der Waals surface area contributed by atoms with Gasteiger partial charge in [-0.1, -0.05) is 11.6 Å². The SMILES string of the molecule is Nc1ccc(SCc2cc(F)cc([N+](=O)[O-])c2)cc1Cl. The zero-order chi connectivity index (χ0) is 14.7. The summed E-state index contributed by atoms with van der Waals surface area (Å²) < 4.78 is 13.3. The molecule has 0 heterocycles. The van der Waals surface area contributed by atoms with Gasteiger partial charge in [-0.2, -0.15) is 0 Å². The Morgan fingerprint density at radius 1 is 1.30 bits per heavy atom. The minimum absolute atomic E-state index is 0.254.